The van der Waals surface area contributed by atoms with Crippen molar-refractivity contribution < 1.29 is 19.2 Å². The number of likely N-dealkylation sites (tertiary alicyclic amines) is 1. The molecule has 1 saturated heterocycles. The van der Waals surface area contributed by atoms with Crippen LogP contribution in [0.2, 0.25) is 0 Å². The first-order valence-corrected chi connectivity index (χ1v) is 10.0. The van der Waals surface area contributed by atoms with Crippen molar-refractivity contribution in [2.45, 2.75) is 70.2 Å². The van der Waals surface area contributed by atoms with E-state index < -0.39 is 28.7 Å². The summed E-state index contributed by atoms with van der Waals surface area (Å²) in [6.45, 7) is 5.33. The third-order valence-electron chi connectivity index (χ3n) is 5.49. The number of amides is 2. The maximum Gasteiger partial charge on any atom is 0.411 e. The second-order valence-corrected chi connectivity index (χ2v) is 8.88. The van der Waals surface area contributed by atoms with Crippen LogP contribution in [-0.2, 0) is 16.0 Å². The van der Waals surface area contributed by atoms with Crippen LogP contribution >= 0.6 is 0 Å². The summed E-state index contributed by atoms with van der Waals surface area (Å²) in [5.74, 6) is -0.343. The number of fused-ring (bicyclic) bond motifs is 2. The summed E-state index contributed by atoms with van der Waals surface area (Å²) in [6, 6.07) is 6.47. The molecule has 0 aromatic heterocycles. The molecule has 30 heavy (non-hydrogen) atoms. The predicted octanol–water partition coefficient (Wildman–Crippen LogP) is 2.93. The van der Waals surface area contributed by atoms with Gasteiger partial charge in [0.05, 0.1) is 11.0 Å². The molecule has 1 aromatic carbocycles. The molecule has 1 aliphatic heterocycles. The quantitative estimate of drug-likeness (QED) is 0.583. The van der Waals surface area contributed by atoms with Gasteiger partial charge in [-0.3, -0.25) is 19.8 Å². The van der Waals surface area contributed by atoms with Crippen LogP contribution in [0, 0.1) is 27.4 Å². The van der Waals surface area contributed by atoms with Crippen molar-refractivity contribution in [1.82, 2.24) is 10.2 Å². The van der Waals surface area contributed by atoms with Crippen LogP contribution in [0.3, 0.4) is 0 Å². The van der Waals surface area contributed by atoms with E-state index in [1.165, 1.54) is 17.0 Å². The number of benzene rings is 1. The zero-order chi connectivity index (χ0) is 22.1. The molecule has 1 aromatic rings. The summed E-state index contributed by atoms with van der Waals surface area (Å²) in [4.78, 5) is 37.7. The number of non-ortho nitro benzene ring substituents is 1. The third-order valence-corrected chi connectivity index (χ3v) is 5.49. The highest BCUT2D eigenvalue weighted by Gasteiger charge is 2.52. The van der Waals surface area contributed by atoms with Crippen molar-refractivity contribution >= 4 is 17.7 Å². The average molecular weight is 414 g/mol. The number of hydrogen-bond acceptors (Lipinski definition) is 6. The highest BCUT2D eigenvalue weighted by Crippen LogP contribution is 2.43. The Morgan fingerprint density at radius 3 is 2.77 bits per heavy atom. The largest absolute Gasteiger partial charge is 0.444 e. The van der Waals surface area contributed by atoms with Gasteiger partial charge in [0.25, 0.3) is 5.69 Å². The molecule has 2 fully saturated rings. The number of piperidine rings is 1. The van der Waals surface area contributed by atoms with Gasteiger partial charge in [-0.25, -0.2) is 4.79 Å². The molecular formula is C21H26N4O5. The molecule has 0 spiro atoms. The van der Waals surface area contributed by atoms with E-state index in [1.807, 2.05) is 6.07 Å². The maximum absolute atomic E-state index is 13.0. The highest BCUT2D eigenvalue weighted by molar-refractivity contribution is 5.87. The molecule has 4 unspecified atom stereocenters. The summed E-state index contributed by atoms with van der Waals surface area (Å²) < 4.78 is 5.50. The number of ether oxygens (including phenoxy) is 1. The molecule has 3 rings (SSSR count). The van der Waals surface area contributed by atoms with Gasteiger partial charge in [0.2, 0.25) is 5.91 Å². The minimum Gasteiger partial charge on any atom is -0.444 e. The van der Waals surface area contributed by atoms with E-state index in [9.17, 15) is 25.0 Å². The minimum atomic E-state index is -0.862. The number of nitrogens with one attached hydrogen (secondary N) is 1. The topological polar surface area (TPSA) is 126 Å². The fourth-order valence-corrected chi connectivity index (χ4v) is 4.32. The number of hydrogen-bond donors (Lipinski definition) is 1. The summed E-state index contributed by atoms with van der Waals surface area (Å²) in [6.07, 6.45) is 2.06. The van der Waals surface area contributed by atoms with Crippen LogP contribution in [0.5, 0.6) is 0 Å². The van der Waals surface area contributed by atoms with Crippen molar-refractivity contribution in [3.8, 4) is 6.07 Å². The molecule has 2 bridgehead atoms. The Kier molecular flexibility index (Phi) is 5.97. The Balaban J connectivity index is 1.71. The Hall–Kier alpha value is -3.15. The predicted molar refractivity (Wildman–Crippen MR) is 107 cm³/mol. The summed E-state index contributed by atoms with van der Waals surface area (Å²) >= 11 is 0. The Bertz CT molecular complexity index is 888. The second kappa shape index (κ2) is 8.30. The highest BCUT2D eigenvalue weighted by atomic mass is 16.6. The standard InChI is InChI=1S/C21H26N4O5/c1-21(2,3)30-20(27)24-16-8-7-14(11-16)18(24)19(26)23-15(12-22)9-13-5-4-6-17(10-13)25(28)29/h4-6,10,14-16,18H,7-9,11H2,1-3H3,(H,23,26). The lowest BCUT2D eigenvalue weighted by atomic mass is 9.97. The van der Waals surface area contributed by atoms with E-state index >= 15 is 0 Å². The first-order chi connectivity index (χ1) is 14.1. The Morgan fingerprint density at radius 2 is 2.13 bits per heavy atom. The Labute approximate surface area is 175 Å². The molecule has 9 heteroatoms. The normalized spacial score (nSPS) is 23.5. The number of nitrogens with zero attached hydrogens (tertiary/aromatic N) is 3. The van der Waals surface area contributed by atoms with Gasteiger partial charge in [-0.05, 0) is 51.5 Å². The lowest BCUT2D eigenvalue weighted by molar-refractivity contribution is -0.384. The van der Waals surface area contributed by atoms with Gasteiger partial charge in [0.15, 0.2) is 0 Å². The molecule has 4 atom stereocenters. The number of nitriles is 1. The lowest BCUT2D eigenvalue weighted by Crippen LogP contribution is -2.55. The monoisotopic (exact) mass is 414 g/mol. The van der Waals surface area contributed by atoms with E-state index in [1.54, 1.807) is 32.9 Å². The number of nitro groups is 1. The molecule has 0 radical (unpaired) electrons. The van der Waals surface area contributed by atoms with Crippen molar-refractivity contribution in [2.24, 2.45) is 5.92 Å². The number of rotatable bonds is 5. The van der Waals surface area contributed by atoms with Crippen LogP contribution in [-0.4, -0.2) is 45.6 Å². The smallest absolute Gasteiger partial charge is 0.411 e. The van der Waals surface area contributed by atoms with Crippen molar-refractivity contribution in [3.05, 3.63) is 39.9 Å². The zero-order valence-corrected chi connectivity index (χ0v) is 17.3. The Morgan fingerprint density at radius 1 is 1.40 bits per heavy atom. The number of nitro benzene ring substituents is 1. The van der Waals surface area contributed by atoms with Crippen LogP contribution < -0.4 is 5.32 Å². The fourth-order valence-electron chi connectivity index (χ4n) is 4.32. The molecule has 160 valence electrons. The lowest BCUT2D eigenvalue weighted by Gasteiger charge is -2.35. The third kappa shape index (κ3) is 4.70. The summed E-state index contributed by atoms with van der Waals surface area (Å²) in [7, 11) is 0. The molecule has 1 aliphatic carbocycles. The molecule has 2 aliphatic rings. The van der Waals surface area contributed by atoms with Crippen molar-refractivity contribution in [3.63, 3.8) is 0 Å². The van der Waals surface area contributed by atoms with Gasteiger partial charge in [0.1, 0.15) is 17.7 Å². The molecular weight excluding hydrogens is 388 g/mol. The van der Waals surface area contributed by atoms with Crippen molar-refractivity contribution in [1.29, 1.82) is 5.26 Å². The minimum absolute atomic E-state index is 0.0297. The van der Waals surface area contributed by atoms with Gasteiger partial charge < -0.3 is 10.1 Å². The molecule has 1 N–H and O–H groups in total. The summed E-state index contributed by atoms with van der Waals surface area (Å²) in [5.41, 5.74) is -0.162. The fraction of sp³-hybridized carbons (Fsp3) is 0.571. The van der Waals surface area contributed by atoms with E-state index in [2.05, 4.69) is 5.32 Å². The van der Waals surface area contributed by atoms with Gasteiger partial charge in [0, 0.05) is 24.6 Å². The van der Waals surface area contributed by atoms with Gasteiger partial charge in [-0.15, -0.1) is 0 Å². The summed E-state index contributed by atoms with van der Waals surface area (Å²) in [5, 5.41) is 23.2. The first-order valence-electron chi connectivity index (χ1n) is 10.0. The molecule has 1 saturated carbocycles. The van der Waals surface area contributed by atoms with Crippen LogP contribution in [0.15, 0.2) is 24.3 Å². The maximum atomic E-state index is 13.0. The second-order valence-electron chi connectivity index (χ2n) is 8.88. The van der Waals surface area contributed by atoms with E-state index in [0.29, 0.717) is 5.56 Å². The van der Waals surface area contributed by atoms with Crippen molar-refractivity contribution in [2.75, 3.05) is 0 Å². The number of carbonyl (C=O) groups is 2. The SMILES string of the molecule is CC(C)(C)OC(=O)N1C2CCC(C2)C1C(=O)NC(C#N)Cc1cccc([N+](=O)[O-])c1. The van der Waals surface area contributed by atoms with E-state index in [4.69, 9.17) is 4.74 Å². The van der Waals surface area contributed by atoms with Gasteiger partial charge in [-0.1, -0.05) is 12.1 Å². The van der Waals surface area contributed by atoms with Crippen LogP contribution in [0.1, 0.15) is 45.6 Å². The van der Waals surface area contributed by atoms with Crippen LogP contribution in [0.25, 0.3) is 0 Å². The molecule has 2 amide bonds. The average Bonchev–Trinajstić information content (AvgIpc) is 3.27. The van der Waals surface area contributed by atoms with Gasteiger partial charge >= 0.3 is 6.09 Å². The molecule has 9 nitrogen and oxygen atoms in total. The van der Waals surface area contributed by atoms with Gasteiger partial charge in [-0.2, -0.15) is 5.26 Å². The zero-order valence-electron chi connectivity index (χ0n) is 17.3. The number of carbonyl (C=O) groups excluding carboxylic acids is 2. The van der Waals surface area contributed by atoms with E-state index in [-0.39, 0.29) is 30.0 Å². The first kappa shape index (κ1) is 21.6. The van der Waals surface area contributed by atoms with E-state index in [0.717, 1.165) is 19.3 Å². The van der Waals surface area contributed by atoms with Crippen LogP contribution in [0.4, 0.5) is 10.5 Å². The molecule has 1 heterocycles.